The van der Waals surface area contributed by atoms with E-state index < -0.39 is 0 Å². The van der Waals surface area contributed by atoms with Gasteiger partial charge in [0.05, 0.1) is 0 Å². The second-order valence-corrected chi connectivity index (χ2v) is 15.3. The molecule has 0 N–H and O–H groups in total. The van der Waals surface area contributed by atoms with E-state index in [9.17, 15) is 14.4 Å². The molecular weight excluding hydrogens is 687 g/mol. The van der Waals surface area contributed by atoms with Crippen molar-refractivity contribution < 1.29 is 28.6 Å². The number of ether oxygens (including phenoxy) is 3. The molecular formula is C48H87NO6. The van der Waals surface area contributed by atoms with Gasteiger partial charge in [-0.05, 0) is 77.0 Å². The van der Waals surface area contributed by atoms with Crippen molar-refractivity contribution in [2.75, 3.05) is 39.5 Å². The van der Waals surface area contributed by atoms with Crippen molar-refractivity contribution in [1.29, 1.82) is 0 Å². The summed E-state index contributed by atoms with van der Waals surface area (Å²) in [5.74, 6) is -0.490. The Morgan fingerprint density at radius 3 is 0.855 bits per heavy atom. The van der Waals surface area contributed by atoms with Crippen molar-refractivity contribution >= 4 is 17.9 Å². The second-order valence-electron chi connectivity index (χ2n) is 15.3. The van der Waals surface area contributed by atoms with Gasteiger partial charge in [0.1, 0.15) is 19.8 Å². The lowest BCUT2D eigenvalue weighted by Crippen LogP contribution is -2.35. The first-order valence-corrected chi connectivity index (χ1v) is 23.2. The summed E-state index contributed by atoms with van der Waals surface area (Å²) in [6.45, 7) is 9.01. The van der Waals surface area contributed by atoms with Gasteiger partial charge in [0, 0.05) is 38.9 Å². The summed E-state index contributed by atoms with van der Waals surface area (Å²) in [6, 6.07) is 0. The topological polar surface area (TPSA) is 82.1 Å². The summed E-state index contributed by atoms with van der Waals surface area (Å²) in [6.07, 6.45) is 46.1. The van der Waals surface area contributed by atoms with Crippen LogP contribution in [0, 0.1) is 0 Å². The predicted molar refractivity (Wildman–Crippen MR) is 232 cm³/mol. The lowest BCUT2D eigenvalue weighted by atomic mass is 10.1. The largest absolute Gasteiger partial charge is 0.464 e. The molecule has 0 saturated carbocycles. The maximum atomic E-state index is 12.4. The molecule has 7 heteroatoms. The molecule has 0 amide bonds. The Bertz CT molecular complexity index is 826. The van der Waals surface area contributed by atoms with Gasteiger partial charge in [0.25, 0.3) is 0 Å². The zero-order valence-electron chi connectivity index (χ0n) is 36.3. The van der Waals surface area contributed by atoms with Crippen LogP contribution in [0.4, 0.5) is 0 Å². The molecule has 320 valence electrons. The van der Waals surface area contributed by atoms with E-state index in [4.69, 9.17) is 14.2 Å². The Morgan fingerprint density at radius 1 is 0.345 bits per heavy atom. The summed E-state index contributed by atoms with van der Waals surface area (Å²) in [5, 5.41) is 0. The Hall–Kier alpha value is -2.41. The van der Waals surface area contributed by atoms with Crippen LogP contribution in [0.25, 0.3) is 0 Å². The van der Waals surface area contributed by atoms with Gasteiger partial charge in [-0.1, -0.05) is 154 Å². The average molecular weight is 774 g/mol. The molecule has 0 aromatic rings. The fourth-order valence-corrected chi connectivity index (χ4v) is 6.28. The van der Waals surface area contributed by atoms with Gasteiger partial charge in [-0.25, -0.2) is 0 Å². The van der Waals surface area contributed by atoms with Crippen molar-refractivity contribution in [2.45, 2.75) is 213 Å². The Morgan fingerprint density at radius 2 is 0.582 bits per heavy atom. The van der Waals surface area contributed by atoms with E-state index in [2.05, 4.69) is 62.1 Å². The first kappa shape index (κ1) is 52.6. The van der Waals surface area contributed by atoms with Crippen LogP contribution in [0.1, 0.15) is 213 Å². The number of esters is 3. The summed E-state index contributed by atoms with van der Waals surface area (Å²) < 4.78 is 16.7. The van der Waals surface area contributed by atoms with Crippen LogP contribution in [-0.4, -0.2) is 62.3 Å². The molecule has 0 unspecified atom stereocenters. The molecule has 0 bridgehead atoms. The summed E-state index contributed by atoms with van der Waals surface area (Å²) in [5.41, 5.74) is 0. The summed E-state index contributed by atoms with van der Waals surface area (Å²) >= 11 is 0. The van der Waals surface area contributed by atoms with Gasteiger partial charge >= 0.3 is 17.9 Å². The minimum atomic E-state index is -0.163. The van der Waals surface area contributed by atoms with Crippen LogP contribution >= 0.6 is 0 Å². The van der Waals surface area contributed by atoms with Crippen molar-refractivity contribution in [3.05, 3.63) is 36.5 Å². The fraction of sp³-hybridized carbons (Fsp3) is 0.812. The first-order chi connectivity index (χ1) is 27.0. The van der Waals surface area contributed by atoms with Gasteiger partial charge in [-0.2, -0.15) is 0 Å². The lowest BCUT2D eigenvalue weighted by Gasteiger charge is -2.22. The summed E-state index contributed by atoms with van der Waals surface area (Å²) in [7, 11) is 0. The maximum absolute atomic E-state index is 12.4. The first-order valence-electron chi connectivity index (χ1n) is 23.2. The SMILES string of the molecule is CCCC/C=C/CCCCCCCC(=O)OCCN(CCOC(=O)CCCCCCC/C=C/CCCC)CCOC(=O)CCCCCCC/C=C/CCCC. The van der Waals surface area contributed by atoms with Crippen LogP contribution in [0.3, 0.4) is 0 Å². The number of hydrogen-bond acceptors (Lipinski definition) is 7. The van der Waals surface area contributed by atoms with E-state index in [1.165, 1.54) is 96.3 Å². The van der Waals surface area contributed by atoms with Crippen molar-refractivity contribution in [3.63, 3.8) is 0 Å². The molecule has 0 saturated heterocycles. The quantitative estimate of drug-likeness (QED) is 0.0264. The molecule has 0 aliphatic carbocycles. The highest BCUT2D eigenvalue weighted by Gasteiger charge is 2.11. The Labute approximate surface area is 339 Å². The molecule has 0 fully saturated rings. The summed E-state index contributed by atoms with van der Waals surface area (Å²) in [4.78, 5) is 39.2. The monoisotopic (exact) mass is 774 g/mol. The number of carbonyl (C=O) groups is 3. The number of hydrogen-bond donors (Lipinski definition) is 0. The van der Waals surface area contributed by atoms with Gasteiger partial charge in [-0.3, -0.25) is 19.3 Å². The molecule has 0 aromatic heterocycles. The van der Waals surface area contributed by atoms with Gasteiger partial charge < -0.3 is 14.2 Å². The number of carbonyl (C=O) groups excluding carboxylic acids is 3. The highest BCUT2D eigenvalue weighted by molar-refractivity contribution is 5.70. The zero-order valence-corrected chi connectivity index (χ0v) is 36.3. The smallest absolute Gasteiger partial charge is 0.305 e. The average Bonchev–Trinajstić information content (AvgIpc) is 3.18. The fourth-order valence-electron chi connectivity index (χ4n) is 6.28. The van der Waals surface area contributed by atoms with Crippen LogP contribution in [-0.2, 0) is 28.6 Å². The lowest BCUT2D eigenvalue weighted by molar-refractivity contribution is -0.144. The molecule has 0 rings (SSSR count). The highest BCUT2D eigenvalue weighted by atomic mass is 16.5. The van der Waals surface area contributed by atoms with Gasteiger partial charge in [-0.15, -0.1) is 0 Å². The normalized spacial score (nSPS) is 11.8. The highest BCUT2D eigenvalue weighted by Crippen LogP contribution is 2.12. The van der Waals surface area contributed by atoms with E-state index >= 15 is 0 Å². The Kier molecular flexibility index (Phi) is 42.4. The second kappa shape index (κ2) is 44.3. The van der Waals surface area contributed by atoms with Gasteiger partial charge in [0.2, 0.25) is 0 Å². The molecule has 55 heavy (non-hydrogen) atoms. The predicted octanol–water partition coefficient (Wildman–Crippen LogP) is 13.3. The van der Waals surface area contributed by atoms with Crippen LogP contribution < -0.4 is 0 Å². The minimum Gasteiger partial charge on any atom is -0.464 e. The minimum absolute atomic E-state index is 0.163. The van der Waals surface area contributed by atoms with Crippen molar-refractivity contribution in [3.8, 4) is 0 Å². The van der Waals surface area contributed by atoms with E-state index in [1.807, 2.05) is 0 Å². The van der Waals surface area contributed by atoms with E-state index in [-0.39, 0.29) is 37.7 Å². The molecule has 0 radical (unpaired) electrons. The maximum Gasteiger partial charge on any atom is 0.305 e. The van der Waals surface area contributed by atoms with Crippen LogP contribution in [0.2, 0.25) is 0 Å². The van der Waals surface area contributed by atoms with E-state index in [0.717, 1.165) is 77.0 Å². The molecule has 7 nitrogen and oxygen atoms in total. The van der Waals surface area contributed by atoms with E-state index in [1.54, 1.807) is 0 Å². The molecule has 0 spiro atoms. The van der Waals surface area contributed by atoms with Crippen molar-refractivity contribution in [1.82, 2.24) is 4.90 Å². The van der Waals surface area contributed by atoms with Crippen molar-refractivity contribution in [2.24, 2.45) is 0 Å². The number of unbranched alkanes of at least 4 members (excludes halogenated alkanes) is 21. The molecule has 0 heterocycles. The Balaban J connectivity index is 4.35. The number of nitrogens with zero attached hydrogens (tertiary/aromatic N) is 1. The molecule has 0 aromatic carbocycles. The zero-order chi connectivity index (χ0) is 40.1. The third-order valence-corrected chi connectivity index (χ3v) is 9.94. The molecule has 0 aliphatic rings. The van der Waals surface area contributed by atoms with E-state index in [0.29, 0.717) is 38.9 Å². The van der Waals surface area contributed by atoms with Crippen LogP contribution in [0.15, 0.2) is 36.5 Å². The van der Waals surface area contributed by atoms with Gasteiger partial charge in [0.15, 0.2) is 0 Å². The third-order valence-electron chi connectivity index (χ3n) is 9.94. The number of allylic oxidation sites excluding steroid dienone is 6. The number of rotatable bonds is 42. The molecule has 0 atom stereocenters. The molecule has 0 aliphatic heterocycles. The van der Waals surface area contributed by atoms with Crippen LogP contribution in [0.5, 0.6) is 0 Å². The third kappa shape index (κ3) is 42.6. The standard InChI is InChI=1S/C48H87NO6/c1-4-7-10-13-16-19-22-25-28-31-34-37-46(50)53-43-40-49(41-44-54-47(51)38-35-32-29-26-23-20-17-14-11-8-5-2)42-45-55-48(52)39-36-33-30-27-24-21-18-15-12-9-6-3/h13-18H,4-12,19-45H2,1-3H3/b16-13+,17-14+,18-15+.